The molecule has 9 aromatic carbocycles. The third-order valence-corrected chi connectivity index (χ3v) is 19.7. The number of aromatic nitrogens is 4. The molecular weight excluding hydrogens is 1080 g/mol. The molecule has 2 aliphatic rings. The third-order valence-electron chi connectivity index (χ3n) is 19.7. The molecule has 0 spiro atoms. The molecule has 1 aliphatic heterocycles. The van der Waals surface area contributed by atoms with Gasteiger partial charge in [-0.1, -0.05) is 232 Å². The summed E-state index contributed by atoms with van der Waals surface area (Å²) in [6.07, 6.45) is 8.37. The Morgan fingerprint density at radius 1 is 0.416 bits per heavy atom. The molecule has 0 saturated carbocycles. The van der Waals surface area contributed by atoms with E-state index in [4.69, 9.17) is 9.72 Å². The number of ether oxygens (including phenoxy) is 1. The first-order valence-corrected chi connectivity index (χ1v) is 32.1. The van der Waals surface area contributed by atoms with Crippen molar-refractivity contribution in [1.29, 1.82) is 0 Å². The molecule has 4 heterocycles. The highest BCUT2D eigenvalue weighted by Gasteiger charge is 2.39. The van der Waals surface area contributed by atoms with Gasteiger partial charge in [-0.2, -0.15) is 0 Å². The highest BCUT2D eigenvalue weighted by atomic mass is 16.5. The molecule has 14 rings (SSSR count). The average molecular weight is 1170 g/mol. The van der Waals surface area contributed by atoms with Crippen LogP contribution in [0.2, 0.25) is 0 Å². The summed E-state index contributed by atoms with van der Waals surface area (Å²) in [6.45, 7) is 37.5. The van der Waals surface area contributed by atoms with Crippen LogP contribution in [0.3, 0.4) is 0 Å². The van der Waals surface area contributed by atoms with E-state index in [1.807, 2.05) is 6.20 Å². The number of hydrogen-bond donors (Lipinski definition) is 0. The molecule has 5 nitrogen and oxygen atoms in total. The smallest absolute Gasteiger partial charge is 0.269 e. The number of pyridine rings is 1. The number of nitrogens with zero attached hydrogens (tertiary/aromatic N) is 4. The van der Waals surface area contributed by atoms with E-state index in [0.717, 1.165) is 91.2 Å². The molecular formula is C84H84N4O. The summed E-state index contributed by atoms with van der Waals surface area (Å²) in [5, 5.41) is 2.32. The lowest BCUT2D eigenvalue weighted by Crippen LogP contribution is -2.34. The molecule has 12 aromatic rings. The van der Waals surface area contributed by atoms with Gasteiger partial charge in [0.25, 0.3) is 6.33 Å². The van der Waals surface area contributed by atoms with Crippen LogP contribution < -0.4 is 9.30 Å². The monoisotopic (exact) mass is 1160 g/mol. The second-order valence-electron chi connectivity index (χ2n) is 31.0. The molecule has 0 atom stereocenters. The van der Waals surface area contributed by atoms with Gasteiger partial charge >= 0.3 is 0 Å². The van der Waals surface area contributed by atoms with Crippen LogP contribution in [-0.2, 0) is 32.5 Å². The Kier molecular flexibility index (Phi) is 13.3. The minimum Gasteiger partial charge on any atom is -0.458 e. The van der Waals surface area contributed by atoms with Crippen LogP contribution in [0.1, 0.15) is 157 Å². The summed E-state index contributed by atoms with van der Waals surface area (Å²) in [6, 6.07) is 71.0. The Labute approximate surface area is 527 Å². The molecule has 0 unspecified atom stereocenters. The zero-order valence-corrected chi connectivity index (χ0v) is 55.1. The van der Waals surface area contributed by atoms with Gasteiger partial charge in [-0.3, -0.25) is 13.7 Å². The summed E-state index contributed by atoms with van der Waals surface area (Å²) >= 11 is 0. The van der Waals surface area contributed by atoms with Crippen molar-refractivity contribution in [3.63, 3.8) is 0 Å². The SMILES string of the molecule is CC(C)(C)c1ccc(-c2cccc3c2-[n+]2[c-]n(-c4cccc(Oc5ccc6c7ccccc7n(-c7cc(C(C)(C)C)ccn7)c6c5)c4)c4cc(-c5cc(C(C)(C)C)cc(C(C)(C)C)c5)cc(c42)-c2ccccc2-c2cc4c(cc2-3)C(C)(C)CCC4(C)C)cc1. The summed E-state index contributed by atoms with van der Waals surface area (Å²) in [5.41, 5.74) is 25.9. The van der Waals surface area contributed by atoms with Crippen LogP contribution >= 0.6 is 0 Å². The first-order valence-electron chi connectivity index (χ1n) is 32.1. The quantitative estimate of drug-likeness (QED) is 0.123. The minimum atomic E-state index is -0.0859. The predicted molar refractivity (Wildman–Crippen MR) is 373 cm³/mol. The van der Waals surface area contributed by atoms with Crippen molar-refractivity contribution in [2.45, 2.75) is 156 Å². The van der Waals surface area contributed by atoms with Crippen molar-refractivity contribution in [3.05, 3.63) is 234 Å². The molecule has 0 bridgehead atoms. The molecule has 0 fully saturated rings. The van der Waals surface area contributed by atoms with E-state index < -0.39 is 0 Å². The van der Waals surface area contributed by atoms with Crippen LogP contribution in [0.25, 0.3) is 106 Å². The van der Waals surface area contributed by atoms with Crippen molar-refractivity contribution in [2.24, 2.45) is 0 Å². The van der Waals surface area contributed by atoms with Crippen molar-refractivity contribution < 1.29 is 9.30 Å². The second kappa shape index (κ2) is 20.4. The fraction of sp³-hybridized carbons (Fsp3) is 0.286. The summed E-state index contributed by atoms with van der Waals surface area (Å²) < 4.78 is 14.1. The number of rotatable bonds is 6. The van der Waals surface area contributed by atoms with E-state index in [1.165, 1.54) is 72.1 Å². The summed E-state index contributed by atoms with van der Waals surface area (Å²) in [7, 11) is 0. The summed E-state index contributed by atoms with van der Waals surface area (Å²) in [5.74, 6) is 2.34. The Hall–Kier alpha value is -8.80. The Morgan fingerprint density at radius 3 is 1.64 bits per heavy atom. The number of benzene rings is 9. The van der Waals surface area contributed by atoms with E-state index in [2.05, 4.69) is 319 Å². The van der Waals surface area contributed by atoms with Crippen LogP contribution in [0.15, 0.2) is 194 Å². The maximum Gasteiger partial charge on any atom is 0.269 e. The molecule has 446 valence electrons. The van der Waals surface area contributed by atoms with Gasteiger partial charge in [0.2, 0.25) is 0 Å². The van der Waals surface area contributed by atoms with Crippen molar-refractivity contribution in [2.75, 3.05) is 0 Å². The van der Waals surface area contributed by atoms with E-state index in [9.17, 15) is 0 Å². The standard InChI is InChI=1S/C84H84N4O/c1-79(2,3)55-33-31-52(32-34-55)62-28-22-29-67-69-50-72-71(83(13,14)38-39-84(72,15)16)49-68(69)63-25-17-18-26-64(63)70-43-54(53-41-57(81(7,8)9)45-58(42-53)82(10,11)12)44-75-78(70)87(77(62)67)51-86(75)59-23-21-24-60(47-59)89-61-35-36-66-65-27-19-20-30-73(65)88(74(66)48-61)76-46-56(37-40-85-76)80(4,5)6/h17-37,40-50H,38-39H2,1-16H3. The van der Waals surface area contributed by atoms with Gasteiger partial charge in [-0.05, 0) is 195 Å². The van der Waals surface area contributed by atoms with Gasteiger partial charge in [0.1, 0.15) is 17.3 Å². The van der Waals surface area contributed by atoms with Crippen LogP contribution in [0, 0.1) is 6.33 Å². The van der Waals surface area contributed by atoms with E-state index in [0.29, 0.717) is 0 Å². The first-order chi connectivity index (χ1) is 42.1. The highest BCUT2D eigenvalue weighted by Crippen LogP contribution is 2.53. The second-order valence-corrected chi connectivity index (χ2v) is 31.0. The maximum atomic E-state index is 7.10. The molecule has 0 N–H and O–H groups in total. The molecule has 3 aromatic heterocycles. The van der Waals surface area contributed by atoms with Crippen LogP contribution in [-0.4, -0.2) is 14.1 Å². The largest absolute Gasteiger partial charge is 0.458 e. The highest BCUT2D eigenvalue weighted by molar-refractivity contribution is 6.10. The van der Waals surface area contributed by atoms with Crippen molar-refractivity contribution in [3.8, 4) is 84.3 Å². The maximum absolute atomic E-state index is 7.10. The normalized spacial score (nSPS) is 14.6. The van der Waals surface area contributed by atoms with Gasteiger partial charge < -0.3 is 4.74 Å². The van der Waals surface area contributed by atoms with Crippen molar-refractivity contribution in [1.82, 2.24) is 14.1 Å². The average Bonchev–Trinajstić information content (AvgIpc) is 1.66. The molecule has 89 heavy (non-hydrogen) atoms. The minimum absolute atomic E-state index is 0.00390. The fourth-order valence-electron chi connectivity index (χ4n) is 14.1. The molecule has 0 saturated heterocycles. The molecule has 5 heteroatoms. The van der Waals surface area contributed by atoms with Gasteiger partial charge in [0.15, 0.2) is 0 Å². The number of para-hydroxylation sites is 2. The Balaban J connectivity index is 1.05. The van der Waals surface area contributed by atoms with Gasteiger partial charge in [0, 0.05) is 23.0 Å². The predicted octanol–water partition coefficient (Wildman–Crippen LogP) is 22.2. The van der Waals surface area contributed by atoms with Crippen LogP contribution in [0.5, 0.6) is 11.5 Å². The summed E-state index contributed by atoms with van der Waals surface area (Å²) in [4.78, 5) is 4.99. The van der Waals surface area contributed by atoms with Gasteiger partial charge in [-0.25, -0.2) is 4.98 Å². The molecule has 0 radical (unpaired) electrons. The van der Waals surface area contributed by atoms with Gasteiger partial charge in [-0.15, -0.1) is 0 Å². The van der Waals surface area contributed by atoms with Crippen molar-refractivity contribution >= 4 is 32.8 Å². The van der Waals surface area contributed by atoms with E-state index in [-0.39, 0.29) is 32.5 Å². The van der Waals surface area contributed by atoms with E-state index in [1.54, 1.807) is 0 Å². The fourth-order valence-corrected chi connectivity index (χ4v) is 14.1. The zero-order valence-electron chi connectivity index (χ0n) is 55.1. The topological polar surface area (TPSA) is 35.9 Å². The zero-order chi connectivity index (χ0) is 62.5. The lowest BCUT2D eigenvalue weighted by atomic mass is 9.62. The number of hydrogen-bond acceptors (Lipinski definition) is 2. The third kappa shape index (κ3) is 10.0. The van der Waals surface area contributed by atoms with Crippen LogP contribution in [0.4, 0.5) is 0 Å². The first kappa shape index (κ1) is 57.9. The lowest BCUT2D eigenvalue weighted by molar-refractivity contribution is -0.570. The Morgan fingerprint density at radius 2 is 0.978 bits per heavy atom. The lowest BCUT2D eigenvalue weighted by Gasteiger charge is -2.42. The Bertz CT molecular complexity index is 4800. The number of fused-ring (bicyclic) bond motifs is 11. The molecule has 1 aliphatic carbocycles. The number of imidazole rings is 1. The van der Waals surface area contributed by atoms with Gasteiger partial charge in [0.05, 0.1) is 33.4 Å². The molecule has 0 amide bonds. The van der Waals surface area contributed by atoms with E-state index >= 15 is 0 Å².